The van der Waals surface area contributed by atoms with Crippen molar-refractivity contribution in [1.82, 2.24) is 0 Å². The zero-order chi connectivity index (χ0) is 79.3. The molecular formula is C74H110O35. The highest BCUT2D eigenvalue weighted by Crippen LogP contribution is 2.76. The van der Waals surface area contributed by atoms with E-state index in [2.05, 4.69) is 20.8 Å². The van der Waals surface area contributed by atoms with Crippen LogP contribution in [0.15, 0.2) is 42.0 Å². The van der Waals surface area contributed by atoms with Gasteiger partial charge in [-0.15, -0.1) is 0 Å². The van der Waals surface area contributed by atoms with Crippen LogP contribution in [-0.4, -0.2) is 334 Å². The lowest BCUT2D eigenvalue weighted by atomic mass is 9.33. The van der Waals surface area contributed by atoms with Gasteiger partial charge in [0.15, 0.2) is 43.7 Å². The van der Waals surface area contributed by atoms with Crippen molar-refractivity contribution in [2.45, 2.75) is 290 Å². The molecule has 11 aliphatic rings. The fourth-order valence-corrected chi connectivity index (χ4v) is 20.2. The third kappa shape index (κ3) is 15.0. The Morgan fingerprint density at radius 2 is 1.08 bits per heavy atom. The van der Waals surface area contributed by atoms with Crippen LogP contribution < -0.4 is 4.74 Å². The first kappa shape index (κ1) is 84.2. The van der Waals surface area contributed by atoms with Crippen LogP contribution in [0.25, 0.3) is 6.08 Å². The fraction of sp³-hybridized carbons (Fsp3) is 0.824. The van der Waals surface area contributed by atoms with Crippen molar-refractivity contribution in [1.29, 1.82) is 0 Å². The summed E-state index contributed by atoms with van der Waals surface area (Å²) in [5.41, 5.74) is -5.38. The van der Waals surface area contributed by atoms with Crippen molar-refractivity contribution in [3.8, 4) is 5.75 Å². The summed E-state index contributed by atoms with van der Waals surface area (Å²) in [6.45, 7) is 9.25. The number of benzene rings is 1. The molecule has 4 saturated carbocycles. The lowest BCUT2D eigenvalue weighted by molar-refractivity contribution is -0.390. The SMILES string of the molecule is COc1ccc(/C=C/C(=O)O[C@@H]2[C@@H](O[C@@H]3OC[C@H](O)[C@H](O)[C@H]3O)[C@H](O[C@@H]3O[C@H](C)[C@H](O[C@@H]4OC[C@@H](O[C@@H]5O[C@H](CO)[C@H](O)[C@H](O)[C@H]5O)[C@H](O)[C@H]4O)[C@H](O)[C@H]3O)[C@H](OC(=O)[C@]34CCC(C)(C)C[C@H]3C3=CC[C@@H]5[C@@]6(C)C[C@H](O)[C@H](O[C@@H]7O[C@@H](CO)[C@@H](O)[C@H](O)[C@H]7O)[C@@](C)(C(=O)O)[C@@H]6CC[C@@]5(C)[C@]3(CO)CC4)O[C@H]2C)cc1. The van der Waals surface area contributed by atoms with Gasteiger partial charge < -0.3 is 158 Å². The third-order valence-electron chi connectivity index (χ3n) is 26.6. The third-order valence-corrected chi connectivity index (χ3v) is 26.6. The smallest absolute Gasteiger partial charge is 0.331 e. The molecule has 0 bridgehead atoms. The maximum absolute atomic E-state index is 16.3. The minimum absolute atomic E-state index is 0.0271. The number of hydrogen-bond acceptors (Lipinski definition) is 34. The van der Waals surface area contributed by atoms with E-state index in [0.29, 0.717) is 30.6 Å². The predicted molar refractivity (Wildman–Crippen MR) is 364 cm³/mol. The molecule has 109 heavy (non-hydrogen) atoms. The number of carbonyl (C=O) groups excluding carboxylic acids is 2. The average molecular weight is 1560 g/mol. The van der Waals surface area contributed by atoms with Gasteiger partial charge in [-0.05, 0) is 136 Å². The van der Waals surface area contributed by atoms with E-state index in [9.17, 15) is 102 Å². The van der Waals surface area contributed by atoms with E-state index in [-0.39, 0.29) is 38.5 Å². The summed E-state index contributed by atoms with van der Waals surface area (Å²) in [5, 5.41) is 200. The summed E-state index contributed by atoms with van der Waals surface area (Å²) >= 11 is 0. The van der Waals surface area contributed by atoms with Crippen molar-refractivity contribution in [2.75, 3.05) is 40.1 Å². The van der Waals surface area contributed by atoms with Gasteiger partial charge in [0.05, 0.1) is 69.3 Å². The molecule has 6 heterocycles. The van der Waals surface area contributed by atoms with Crippen LogP contribution in [-0.2, 0) is 76.0 Å². The molecule has 10 fully saturated rings. The molecule has 0 spiro atoms. The predicted octanol–water partition coefficient (Wildman–Crippen LogP) is -3.77. The standard InChI is InChI=1S/C74H110O35/c1-30-56(105-62-52(89)47(84)40(28-98-62)103-64-53(90)48(85)45(82)38(25-75)101-64)50(87)55(92)63(99-30)107-59-58(106-61-51(88)44(81)37(79)27-97-61)57(104-43(80)16-11-32-9-12-33(96-8)13-10-32)31(2)100-66(59)109-68(95)73-20-19-69(3,4)23-35(73)34-14-15-41-70(5)24-36(78)60(108-65-54(91)49(86)46(83)39(26-76)102-65)72(7,67(93)94)42(70)17-18-71(41,6)74(34,29-77)22-21-73/h9-14,16,30-31,35-42,44-66,75-79,81-92H,15,17-29H2,1-8H3,(H,93,94)/b16-11+/t30-,31+,35+,36+,37+,38-,39+,40-,41-,42-,44+,45+,46-,47+,48+,49+,50-,51-,52-,53-,54-,55-,56+,57+,58-,59+,60+,61+,62+,63+,64+,65+,66+,70-,71-,72+,73+,74+/m1/s1. The summed E-state index contributed by atoms with van der Waals surface area (Å²) in [6.07, 6.45) is -46.2. The second kappa shape index (κ2) is 32.5. The van der Waals surface area contributed by atoms with E-state index in [1.54, 1.807) is 24.3 Å². The van der Waals surface area contributed by atoms with E-state index >= 15 is 4.79 Å². The Morgan fingerprint density at radius 1 is 0.532 bits per heavy atom. The quantitative estimate of drug-likeness (QED) is 0.0258. The molecule has 5 aliphatic carbocycles. The van der Waals surface area contributed by atoms with Crippen LogP contribution in [0.2, 0.25) is 0 Å². The number of allylic oxidation sites excluding steroid dienone is 1. The molecule has 0 radical (unpaired) electrons. The number of aliphatic carboxylic acids is 1. The van der Waals surface area contributed by atoms with Crippen molar-refractivity contribution < 1.29 is 173 Å². The van der Waals surface area contributed by atoms with Crippen molar-refractivity contribution in [3.05, 3.63) is 47.6 Å². The van der Waals surface area contributed by atoms with Crippen LogP contribution in [0.3, 0.4) is 0 Å². The first-order valence-electron chi connectivity index (χ1n) is 37.5. The average Bonchev–Trinajstić information content (AvgIpc) is 0.669. The Hall–Kier alpha value is -4.21. The largest absolute Gasteiger partial charge is 0.497 e. The van der Waals surface area contributed by atoms with Crippen LogP contribution in [0.1, 0.15) is 112 Å². The Kier molecular flexibility index (Phi) is 25.1. The molecule has 35 nitrogen and oxygen atoms in total. The van der Waals surface area contributed by atoms with Crippen LogP contribution >= 0.6 is 0 Å². The van der Waals surface area contributed by atoms with Crippen molar-refractivity contribution in [3.63, 3.8) is 0 Å². The molecule has 6 aliphatic heterocycles. The first-order chi connectivity index (χ1) is 51.4. The second-order valence-electron chi connectivity index (χ2n) is 33.3. The number of aliphatic hydroxyl groups excluding tert-OH is 17. The summed E-state index contributed by atoms with van der Waals surface area (Å²) < 4.78 is 84.9. The van der Waals surface area contributed by atoms with Crippen LogP contribution in [0.5, 0.6) is 5.75 Å². The summed E-state index contributed by atoms with van der Waals surface area (Å²) in [6, 6.07) is 6.63. The monoisotopic (exact) mass is 1560 g/mol. The molecule has 1 aromatic carbocycles. The van der Waals surface area contributed by atoms with Crippen molar-refractivity contribution in [2.24, 2.45) is 50.2 Å². The van der Waals surface area contributed by atoms with Gasteiger partial charge in [-0.3, -0.25) is 9.59 Å². The zero-order valence-electron chi connectivity index (χ0n) is 62.0. The first-order valence-corrected chi connectivity index (χ1v) is 37.5. The van der Waals surface area contributed by atoms with Gasteiger partial charge in [0.2, 0.25) is 6.29 Å². The molecule has 0 unspecified atom stereocenters. The molecule has 0 amide bonds. The van der Waals surface area contributed by atoms with Gasteiger partial charge in [0, 0.05) is 11.5 Å². The molecule has 35 heteroatoms. The number of carboxylic acid groups (broad SMARTS) is 1. The van der Waals surface area contributed by atoms with Crippen molar-refractivity contribution >= 4 is 24.0 Å². The fourth-order valence-electron chi connectivity index (χ4n) is 20.2. The highest BCUT2D eigenvalue weighted by molar-refractivity contribution is 5.87. The maximum atomic E-state index is 16.3. The van der Waals surface area contributed by atoms with E-state index in [1.165, 1.54) is 34.0 Å². The number of methoxy groups -OCH3 is 1. The maximum Gasteiger partial charge on any atom is 0.331 e. The Bertz CT molecular complexity index is 3380. The molecule has 38 atom stereocenters. The van der Waals surface area contributed by atoms with Crippen LogP contribution in [0, 0.1) is 50.2 Å². The normalized spacial score (nSPS) is 49.9. The number of esters is 2. The molecule has 616 valence electrons. The number of aliphatic hydroxyl groups is 17. The minimum Gasteiger partial charge on any atom is -0.497 e. The Labute approximate surface area is 628 Å². The van der Waals surface area contributed by atoms with Crippen LogP contribution in [0.4, 0.5) is 0 Å². The minimum atomic E-state index is -2.18. The lowest BCUT2D eigenvalue weighted by Crippen LogP contribution is -2.71. The van der Waals surface area contributed by atoms with E-state index in [0.717, 1.165) is 11.6 Å². The topological polar surface area (TPSA) is 545 Å². The molecular weight excluding hydrogens is 1450 g/mol. The summed E-state index contributed by atoms with van der Waals surface area (Å²) in [4.78, 5) is 44.6. The van der Waals surface area contributed by atoms with Gasteiger partial charge in [-0.25, -0.2) is 4.79 Å². The number of hydrogen-bond donors (Lipinski definition) is 18. The lowest BCUT2D eigenvalue weighted by Gasteiger charge is -2.71. The van der Waals surface area contributed by atoms with Gasteiger partial charge in [-0.2, -0.15) is 0 Å². The van der Waals surface area contributed by atoms with E-state index in [1.807, 2.05) is 13.0 Å². The number of rotatable bonds is 20. The number of ether oxygens (including phenoxy) is 14. The highest BCUT2D eigenvalue weighted by Gasteiger charge is 2.74. The molecule has 1 aromatic rings. The molecule has 12 rings (SSSR count). The highest BCUT2D eigenvalue weighted by atomic mass is 16.8. The second-order valence-corrected chi connectivity index (χ2v) is 33.3. The Balaban J connectivity index is 0.851. The molecule has 18 N–H and O–H groups in total. The molecule has 6 saturated heterocycles. The summed E-state index contributed by atoms with van der Waals surface area (Å²) in [7, 11) is 1.48. The Morgan fingerprint density at radius 3 is 1.70 bits per heavy atom. The van der Waals surface area contributed by atoms with Gasteiger partial charge in [0.25, 0.3) is 0 Å². The van der Waals surface area contributed by atoms with E-state index in [4.69, 9.17) is 66.3 Å². The number of carbonyl (C=O) groups is 3. The zero-order valence-corrected chi connectivity index (χ0v) is 62.0. The number of fused-ring (bicyclic) bond motifs is 7. The summed E-state index contributed by atoms with van der Waals surface area (Å²) in [5.74, 6) is -4.45. The molecule has 0 aromatic heterocycles. The van der Waals surface area contributed by atoms with E-state index < -0.39 is 285 Å². The van der Waals surface area contributed by atoms with Gasteiger partial charge >= 0.3 is 17.9 Å². The van der Waals surface area contributed by atoms with Gasteiger partial charge in [-0.1, -0.05) is 51.5 Å². The number of carboxylic acids is 1. The van der Waals surface area contributed by atoms with Gasteiger partial charge in [0.1, 0.15) is 122 Å².